The van der Waals surface area contributed by atoms with E-state index in [1.165, 1.54) is 10.4 Å². The maximum absolute atomic E-state index is 10.5. The number of nitrogens with two attached hydrogens (primary N) is 1. The Kier molecular flexibility index (Phi) is 4.71. The summed E-state index contributed by atoms with van der Waals surface area (Å²) in [7, 11) is 0. The van der Waals surface area contributed by atoms with Crippen molar-refractivity contribution in [1.82, 2.24) is 0 Å². The highest BCUT2D eigenvalue weighted by Crippen LogP contribution is 2.32. The molecule has 0 spiro atoms. The zero-order valence-electron chi connectivity index (χ0n) is 10.6. The lowest BCUT2D eigenvalue weighted by molar-refractivity contribution is -0.137. The van der Waals surface area contributed by atoms with Gasteiger partial charge in [0.2, 0.25) is 0 Å². The van der Waals surface area contributed by atoms with Gasteiger partial charge in [-0.3, -0.25) is 4.79 Å². The van der Waals surface area contributed by atoms with Crippen molar-refractivity contribution in [1.29, 1.82) is 0 Å². The van der Waals surface area contributed by atoms with Crippen molar-refractivity contribution in [2.24, 2.45) is 5.73 Å². The topological polar surface area (TPSA) is 63.3 Å². The molecular formula is C15H17NO2S. The third kappa shape index (κ3) is 3.91. The van der Waals surface area contributed by atoms with Gasteiger partial charge in [-0.1, -0.05) is 30.3 Å². The molecule has 19 heavy (non-hydrogen) atoms. The van der Waals surface area contributed by atoms with Gasteiger partial charge in [-0.05, 0) is 30.5 Å². The van der Waals surface area contributed by atoms with Gasteiger partial charge in [0, 0.05) is 22.2 Å². The standard InChI is InChI=1S/C15H17NO2S/c16-12(7-4-8-15(17)18)14-10-9-13(19-14)11-5-2-1-3-6-11/h1-3,5-6,9-10,12H,4,7-8,16H2,(H,17,18)/t12-/m1/s1. The van der Waals surface area contributed by atoms with Crippen LogP contribution >= 0.6 is 11.3 Å². The van der Waals surface area contributed by atoms with E-state index in [2.05, 4.69) is 18.2 Å². The molecule has 0 unspecified atom stereocenters. The molecule has 0 aliphatic rings. The first-order valence-corrected chi connectivity index (χ1v) is 7.11. The molecule has 0 saturated carbocycles. The smallest absolute Gasteiger partial charge is 0.303 e. The number of carbonyl (C=O) groups is 1. The minimum atomic E-state index is -0.761. The van der Waals surface area contributed by atoms with Gasteiger partial charge >= 0.3 is 5.97 Å². The molecule has 2 aromatic rings. The van der Waals surface area contributed by atoms with Crippen LogP contribution in [0.25, 0.3) is 10.4 Å². The first-order chi connectivity index (χ1) is 9.16. The zero-order chi connectivity index (χ0) is 13.7. The zero-order valence-corrected chi connectivity index (χ0v) is 11.4. The Labute approximate surface area is 116 Å². The third-order valence-electron chi connectivity index (χ3n) is 2.96. The largest absolute Gasteiger partial charge is 0.481 e. The summed E-state index contributed by atoms with van der Waals surface area (Å²) in [5.74, 6) is -0.761. The van der Waals surface area contributed by atoms with Crippen LogP contribution in [-0.2, 0) is 4.79 Å². The molecule has 1 aromatic heterocycles. The minimum absolute atomic E-state index is 0.0678. The van der Waals surface area contributed by atoms with E-state index in [0.717, 1.165) is 4.88 Å². The highest BCUT2D eigenvalue weighted by Gasteiger charge is 2.10. The minimum Gasteiger partial charge on any atom is -0.481 e. The summed E-state index contributed by atoms with van der Waals surface area (Å²) >= 11 is 1.68. The van der Waals surface area contributed by atoms with Crippen molar-refractivity contribution in [3.63, 3.8) is 0 Å². The molecule has 0 aliphatic carbocycles. The number of hydrogen-bond donors (Lipinski definition) is 2. The maximum atomic E-state index is 10.5. The summed E-state index contributed by atoms with van der Waals surface area (Å²) in [6, 6.07) is 14.2. The monoisotopic (exact) mass is 275 g/mol. The van der Waals surface area contributed by atoms with Crippen molar-refractivity contribution >= 4 is 17.3 Å². The molecular weight excluding hydrogens is 258 g/mol. The SMILES string of the molecule is N[C@H](CCCC(=O)O)c1ccc(-c2ccccc2)s1. The van der Waals surface area contributed by atoms with Gasteiger partial charge in [-0.15, -0.1) is 11.3 Å². The number of hydrogen-bond acceptors (Lipinski definition) is 3. The van der Waals surface area contributed by atoms with Gasteiger partial charge in [-0.2, -0.15) is 0 Å². The second-order valence-corrected chi connectivity index (χ2v) is 5.58. The van der Waals surface area contributed by atoms with Crippen LogP contribution in [0.3, 0.4) is 0 Å². The van der Waals surface area contributed by atoms with Gasteiger partial charge in [0.25, 0.3) is 0 Å². The number of thiophene rings is 1. The Morgan fingerprint density at radius 3 is 2.63 bits per heavy atom. The predicted octanol–water partition coefficient (Wildman–Crippen LogP) is 3.67. The summed E-state index contributed by atoms with van der Waals surface area (Å²) in [4.78, 5) is 12.8. The Morgan fingerprint density at radius 2 is 1.95 bits per heavy atom. The number of aliphatic carboxylic acids is 1. The second kappa shape index (κ2) is 6.50. The van der Waals surface area contributed by atoms with E-state index in [4.69, 9.17) is 10.8 Å². The highest BCUT2D eigenvalue weighted by atomic mass is 32.1. The molecule has 4 heteroatoms. The van der Waals surface area contributed by atoms with Gasteiger partial charge in [0.1, 0.15) is 0 Å². The van der Waals surface area contributed by atoms with Crippen LogP contribution in [-0.4, -0.2) is 11.1 Å². The first kappa shape index (κ1) is 13.8. The molecule has 0 bridgehead atoms. The molecule has 0 saturated heterocycles. The van der Waals surface area contributed by atoms with E-state index in [0.29, 0.717) is 12.8 Å². The lowest BCUT2D eigenvalue weighted by Crippen LogP contribution is -2.09. The van der Waals surface area contributed by atoms with Crippen molar-refractivity contribution in [3.05, 3.63) is 47.3 Å². The van der Waals surface area contributed by atoms with Gasteiger partial charge < -0.3 is 10.8 Å². The fourth-order valence-corrected chi connectivity index (χ4v) is 2.97. The Bertz CT molecular complexity index is 536. The average Bonchev–Trinajstić information content (AvgIpc) is 2.89. The third-order valence-corrected chi connectivity index (χ3v) is 4.22. The van der Waals surface area contributed by atoms with Crippen LogP contribution < -0.4 is 5.73 Å². The van der Waals surface area contributed by atoms with Crippen LogP contribution in [0.4, 0.5) is 0 Å². The number of carboxylic acid groups (broad SMARTS) is 1. The maximum Gasteiger partial charge on any atom is 0.303 e. The lowest BCUT2D eigenvalue weighted by atomic mass is 10.1. The fraction of sp³-hybridized carbons (Fsp3) is 0.267. The average molecular weight is 275 g/mol. The van der Waals surface area contributed by atoms with Gasteiger partial charge in [0.05, 0.1) is 0 Å². The summed E-state index contributed by atoms with van der Waals surface area (Å²) in [5.41, 5.74) is 7.28. The van der Waals surface area contributed by atoms with Crippen LogP contribution in [0.1, 0.15) is 30.2 Å². The van der Waals surface area contributed by atoms with Crippen molar-refractivity contribution in [2.75, 3.05) is 0 Å². The number of rotatable bonds is 6. The van der Waals surface area contributed by atoms with E-state index in [1.807, 2.05) is 24.3 Å². The molecule has 0 amide bonds. The first-order valence-electron chi connectivity index (χ1n) is 6.29. The summed E-state index contributed by atoms with van der Waals surface area (Å²) in [6.45, 7) is 0. The molecule has 3 nitrogen and oxygen atoms in total. The van der Waals surface area contributed by atoms with E-state index in [1.54, 1.807) is 11.3 Å². The summed E-state index contributed by atoms with van der Waals surface area (Å²) in [6.07, 6.45) is 1.51. The van der Waals surface area contributed by atoms with Crippen molar-refractivity contribution in [3.8, 4) is 10.4 Å². The van der Waals surface area contributed by atoms with Crippen LogP contribution in [0.5, 0.6) is 0 Å². The predicted molar refractivity (Wildman–Crippen MR) is 78.2 cm³/mol. The van der Waals surface area contributed by atoms with Crippen molar-refractivity contribution < 1.29 is 9.90 Å². The molecule has 100 valence electrons. The molecule has 1 heterocycles. The number of carboxylic acids is 1. The molecule has 3 N–H and O–H groups in total. The Balaban J connectivity index is 1.99. The van der Waals surface area contributed by atoms with Crippen LogP contribution in [0.2, 0.25) is 0 Å². The van der Waals surface area contributed by atoms with Crippen LogP contribution in [0.15, 0.2) is 42.5 Å². The molecule has 0 aliphatic heterocycles. The molecule has 0 fully saturated rings. The summed E-state index contributed by atoms with van der Waals surface area (Å²) < 4.78 is 0. The molecule has 2 rings (SSSR count). The van der Waals surface area contributed by atoms with E-state index < -0.39 is 5.97 Å². The lowest BCUT2D eigenvalue weighted by Gasteiger charge is -2.07. The quantitative estimate of drug-likeness (QED) is 0.845. The normalized spacial score (nSPS) is 12.3. The summed E-state index contributed by atoms with van der Waals surface area (Å²) in [5, 5.41) is 8.61. The van der Waals surface area contributed by atoms with E-state index in [-0.39, 0.29) is 12.5 Å². The van der Waals surface area contributed by atoms with E-state index >= 15 is 0 Å². The molecule has 1 aromatic carbocycles. The van der Waals surface area contributed by atoms with Gasteiger partial charge in [0.15, 0.2) is 0 Å². The molecule has 0 radical (unpaired) electrons. The Hall–Kier alpha value is -1.65. The second-order valence-electron chi connectivity index (χ2n) is 4.46. The van der Waals surface area contributed by atoms with Gasteiger partial charge in [-0.25, -0.2) is 0 Å². The number of benzene rings is 1. The highest BCUT2D eigenvalue weighted by molar-refractivity contribution is 7.15. The molecule has 1 atom stereocenters. The van der Waals surface area contributed by atoms with Crippen LogP contribution in [0, 0.1) is 0 Å². The fourth-order valence-electron chi connectivity index (χ4n) is 1.93. The van der Waals surface area contributed by atoms with E-state index in [9.17, 15) is 4.79 Å². The Morgan fingerprint density at radius 1 is 1.21 bits per heavy atom. The van der Waals surface area contributed by atoms with Crippen molar-refractivity contribution in [2.45, 2.75) is 25.3 Å².